The van der Waals surface area contributed by atoms with Crippen LogP contribution in [-0.2, 0) is 14.1 Å². The van der Waals surface area contributed by atoms with Gasteiger partial charge in [0.15, 0.2) is 0 Å². The second-order valence-electron chi connectivity index (χ2n) is 5.06. The van der Waals surface area contributed by atoms with E-state index in [-0.39, 0.29) is 11.1 Å². The molecule has 1 fully saturated rings. The SMILES string of the molecule is CCCC1(N)CN(c2nn(C)c(=O)n(C)c2=O)C1. The van der Waals surface area contributed by atoms with Crippen LogP contribution in [-0.4, -0.2) is 33.0 Å². The molecule has 0 atom stereocenters. The molecule has 7 nitrogen and oxygen atoms in total. The fourth-order valence-electron chi connectivity index (χ4n) is 2.40. The molecule has 1 aliphatic rings. The molecule has 100 valence electrons. The lowest BCUT2D eigenvalue weighted by atomic mass is 9.86. The zero-order valence-electron chi connectivity index (χ0n) is 11.0. The zero-order valence-corrected chi connectivity index (χ0v) is 11.0. The van der Waals surface area contributed by atoms with Gasteiger partial charge in [0.2, 0.25) is 5.82 Å². The predicted molar refractivity (Wildman–Crippen MR) is 68.8 cm³/mol. The molecule has 2 heterocycles. The lowest BCUT2D eigenvalue weighted by molar-refractivity contribution is 0.302. The van der Waals surface area contributed by atoms with Gasteiger partial charge in [0.05, 0.1) is 5.54 Å². The smallest absolute Gasteiger partial charge is 0.346 e. The number of nitrogens with two attached hydrogens (primary N) is 1. The van der Waals surface area contributed by atoms with Crippen LogP contribution in [0.1, 0.15) is 19.8 Å². The van der Waals surface area contributed by atoms with Gasteiger partial charge in [-0.1, -0.05) is 13.3 Å². The Labute approximate surface area is 105 Å². The molecule has 1 saturated heterocycles. The minimum Gasteiger partial charge on any atom is -0.347 e. The number of aryl methyl sites for hydroxylation is 1. The predicted octanol–water partition coefficient (Wildman–Crippen LogP) is -1.20. The van der Waals surface area contributed by atoms with Gasteiger partial charge in [-0.25, -0.2) is 9.48 Å². The Morgan fingerprint density at radius 2 is 1.94 bits per heavy atom. The third-order valence-corrected chi connectivity index (χ3v) is 3.36. The number of hydrogen-bond donors (Lipinski definition) is 1. The molecule has 0 saturated carbocycles. The molecule has 18 heavy (non-hydrogen) atoms. The maximum Gasteiger partial charge on any atom is 0.346 e. The first-order valence-electron chi connectivity index (χ1n) is 6.06. The molecule has 2 rings (SSSR count). The maximum absolute atomic E-state index is 11.9. The van der Waals surface area contributed by atoms with Crippen molar-refractivity contribution in [3.05, 3.63) is 20.8 Å². The van der Waals surface area contributed by atoms with Gasteiger partial charge in [-0.15, -0.1) is 5.10 Å². The molecular weight excluding hydrogens is 234 g/mol. The fraction of sp³-hybridized carbons (Fsp3) is 0.727. The lowest BCUT2D eigenvalue weighted by Gasteiger charge is -2.48. The van der Waals surface area contributed by atoms with Crippen LogP contribution in [0.25, 0.3) is 0 Å². The van der Waals surface area contributed by atoms with Crippen molar-refractivity contribution < 1.29 is 0 Å². The molecule has 0 amide bonds. The second-order valence-corrected chi connectivity index (χ2v) is 5.06. The van der Waals surface area contributed by atoms with E-state index >= 15 is 0 Å². The summed E-state index contributed by atoms with van der Waals surface area (Å²) in [5, 5.41) is 4.02. The molecule has 0 aromatic carbocycles. The van der Waals surface area contributed by atoms with Crippen LogP contribution >= 0.6 is 0 Å². The second kappa shape index (κ2) is 4.24. The van der Waals surface area contributed by atoms with Gasteiger partial charge in [-0.3, -0.25) is 9.36 Å². The standard InChI is InChI=1S/C11H19N5O2/c1-4-5-11(12)6-16(7-11)8-9(17)14(2)10(18)15(3)13-8/h4-7,12H2,1-3H3. The van der Waals surface area contributed by atoms with E-state index in [2.05, 4.69) is 12.0 Å². The molecule has 0 aliphatic carbocycles. The first-order chi connectivity index (χ1) is 8.38. The van der Waals surface area contributed by atoms with E-state index in [0.717, 1.165) is 17.4 Å². The molecule has 7 heteroatoms. The highest BCUT2D eigenvalue weighted by atomic mass is 16.2. The van der Waals surface area contributed by atoms with Crippen LogP contribution in [0.3, 0.4) is 0 Å². The highest BCUT2D eigenvalue weighted by Gasteiger charge is 2.40. The number of anilines is 1. The summed E-state index contributed by atoms with van der Waals surface area (Å²) >= 11 is 0. The van der Waals surface area contributed by atoms with E-state index in [1.165, 1.54) is 18.8 Å². The molecule has 1 aliphatic heterocycles. The number of hydrogen-bond acceptors (Lipinski definition) is 5. The first-order valence-corrected chi connectivity index (χ1v) is 6.06. The number of rotatable bonds is 3. The van der Waals surface area contributed by atoms with Crippen LogP contribution in [0.4, 0.5) is 5.82 Å². The third-order valence-electron chi connectivity index (χ3n) is 3.36. The van der Waals surface area contributed by atoms with Gasteiger partial charge in [0.1, 0.15) is 0 Å². The van der Waals surface area contributed by atoms with E-state index in [1.807, 2.05) is 4.90 Å². The summed E-state index contributed by atoms with van der Waals surface area (Å²) in [4.78, 5) is 25.3. The van der Waals surface area contributed by atoms with Gasteiger partial charge >= 0.3 is 5.69 Å². The zero-order chi connectivity index (χ0) is 13.5. The van der Waals surface area contributed by atoms with E-state index < -0.39 is 5.69 Å². The highest BCUT2D eigenvalue weighted by molar-refractivity contribution is 5.41. The van der Waals surface area contributed by atoms with Crippen molar-refractivity contribution in [2.24, 2.45) is 19.8 Å². The Morgan fingerprint density at radius 1 is 1.33 bits per heavy atom. The Bertz CT molecular complexity index is 568. The summed E-state index contributed by atoms with van der Waals surface area (Å²) in [7, 11) is 2.99. The minimum absolute atomic E-state index is 0.226. The summed E-state index contributed by atoms with van der Waals surface area (Å²) in [5.41, 5.74) is 5.14. The normalized spacial score (nSPS) is 17.7. The van der Waals surface area contributed by atoms with Crippen LogP contribution in [0.2, 0.25) is 0 Å². The molecule has 1 aromatic rings. The molecular formula is C11H19N5O2. The van der Waals surface area contributed by atoms with Crippen molar-refractivity contribution >= 4 is 5.82 Å². The lowest BCUT2D eigenvalue weighted by Crippen LogP contribution is -2.68. The largest absolute Gasteiger partial charge is 0.347 e. The van der Waals surface area contributed by atoms with Crippen molar-refractivity contribution in [3.63, 3.8) is 0 Å². The molecule has 2 N–H and O–H groups in total. The molecule has 0 spiro atoms. The maximum atomic E-state index is 11.9. The highest BCUT2D eigenvalue weighted by Crippen LogP contribution is 2.25. The summed E-state index contributed by atoms with van der Waals surface area (Å²) in [6.07, 6.45) is 1.94. The van der Waals surface area contributed by atoms with Crippen molar-refractivity contribution in [1.82, 2.24) is 14.3 Å². The topological polar surface area (TPSA) is 86.2 Å². The van der Waals surface area contributed by atoms with Crippen LogP contribution in [0, 0.1) is 0 Å². The molecule has 0 radical (unpaired) electrons. The number of nitrogens with zero attached hydrogens (tertiary/aromatic N) is 4. The Kier molecular flexibility index (Phi) is 3.02. The average molecular weight is 253 g/mol. The Hall–Kier alpha value is -1.63. The van der Waals surface area contributed by atoms with Gasteiger partial charge in [-0.05, 0) is 6.42 Å². The molecule has 1 aromatic heterocycles. The van der Waals surface area contributed by atoms with Gasteiger partial charge in [0.25, 0.3) is 5.56 Å². The summed E-state index contributed by atoms with van der Waals surface area (Å²) in [5.74, 6) is 0.303. The van der Waals surface area contributed by atoms with Crippen molar-refractivity contribution in [1.29, 1.82) is 0 Å². The summed E-state index contributed by atoms with van der Waals surface area (Å²) in [6, 6.07) is 0. The number of aromatic nitrogens is 3. The fourth-order valence-corrected chi connectivity index (χ4v) is 2.40. The Balaban J connectivity index is 2.28. The first kappa shape index (κ1) is 12.8. The van der Waals surface area contributed by atoms with E-state index in [1.54, 1.807) is 0 Å². The van der Waals surface area contributed by atoms with Crippen molar-refractivity contribution in [2.75, 3.05) is 18.0 Å². The minimum atomic E-state index is -0.420. The quantitative estimate of drug-likeness (QED) is 0.731. The molecule has 0 bridgehead atoms. The van der Waals surface area contributed by atoms with E-state index in [4.69, 9.17) is 5.73 Å². The van der Waals surface area contributed by atoms with E-state index in [0.29, 0.717) is 18.9 Å². The van der Waals surface area contributed by atoms with Gasteiger partial charge in [0, 0.05) is 27.2 Å². The van der Waals surface area contributed by atoms with E-state index in [9.17, 15) is 9.59 Å². The monoisotopic (exact) mass is 253 g/mol. The summed E-state index contributed by atoms with van der Waals surface area (Å²) < 4.78 is 2.24. The van der Waals surface area contributed by atoms with Crippen LogP contribution in [0.15, 0.2) is 9.59 Å². The van der Waals surface area contributed by atoms with Crippen molar-refractivity contribution in [2.45, 2.75) is 25.3 Å². The Morgan fingerprint density at radius 3 is 2.50 bits per heavy atom. The summed E-state index contributed by atoms with van der Waals surface area (Å²) in [6.45, 7) is 3.31. The van der Waals surface area contributed by atoms with Crippen LogP contribution in [0.5, 0.6) is 0 Å². The molecule has 0 unspecified atom stereocenters. The van der Waals surface area contributed by atoms with Crippen molar-refractivity contribution in [3.8, 4) is 0 Å². The average Bonchev–Trinajstić information content (AvgIpc) is 2.28. The van der Waals surface area contributed by atoms with Gasteiger partial charge < -0.3 is 10.6 Å². The third kappa shape index (κ3) is 1.94. The van der Waals surface area contributed by atoms with Crippen LogP contribution < -0.4 is 21.9 Å². The van der Waals surface area contributed by atoms with Gasteiger partial charge in [-0.2, -0.15) is 0 Å².